The number of rotatable bonds is 8. The largest absolute Gasteiger partial charge is 0.496 e. The summed E-state index contributed by atoms with van der Waals surface area (Å²) in [7, 11) is -0.323. The molecule has 32 heavy (non-hydrogen) atoms. The summed E-state index contributed by atoms with van der Waals surface area (Å²) in [5.41, 5.74) is -1.28. The molecule has 0 heterocycles. The second kappa shape index (κ2) is 9.60. The van der Waals surface area contributed by atoms with Crippen LogP contribution in [0.5, 0.6) is 17.2 Å². The maximum absolute atomic E-state index is 14.6. The molecule has 0 aliphatic heterocycles. The summed E-state index contributed by atoms with van der Waals surface area (Å²) in [5, 5.41) is 0.0675. The second-order valence-electron chi connectivity index (χ2n) is 6.90. The van der Waals surface area contributed by atoms with Crippen molar-refractivity contribution in [1.82, 2.24) is 0 Å². The van der Waals surface area contributed by atoms with E-state index in [0.29, 0.717) is 11.3 Å². The van der Waals surface area contributed by atoms with Crippen LogP contribution in [0.3, 0.4) is 0 Å². The van der Waals surface area contributed by atoms with E-state index in [4.69, 9.17) is 25.8 Å². The predicted molar refractivity (Wildman–Crippen MR) is 125 cm³/mol. The number of aryl methyl sites for hydroxylation is 1. The Hall–Kier alpha value is -3.08. The van der Waals surface area contributed by atoms with E-state index in [0.717, 1.165) is 0 Å². The Labute approximate surface area is 191 Å². The molecule has 0 saturated heterocycles. The van der Waals surface area contributed by atoms with Crippen LogP contribution in [-0.2, 0) is 4.57 Å². The van der Waals surface area contributed by atoms with Crippen LogP contribution in [0.2, 0.25) is 5.02 Å². The number of carbonyl (C=O) groups excluding carboxylic acids is 2. The molecule has 0 saturated carbocycles. The molecule has 0 aliphatic rings. The van der Waals surface area contributed by atoms with Gasteiger partial charge in [-0.15, -0.1) is 0 Å². The first kappa shape index (κ1) is 23.6. The second-order valence-corrected chi connectivity index (χ2v) is 9.78. The van der Waals surface area contributed by atoms with Gasteiger partial charge in [-0.1, -0.05) is 54.1 Å². The van der Waals surface area contributed by atoms with Crippen LogP contribution < -0.4 is 19.5 Å². The minimum atomic E-state index is -4.49. The SMILES string of the molecule is COc1cc(OC)c(C(=O)P(=O)(C(=O)c2ccccc2)c2c(C)cccc2Cl)c(OC)c1. The normalized spacial score (nSPS) is 12.5. The topological polar surface area (TPSA) is 78.9 Å². The van der Waals surface area contributed by atoms with Gasteiger partial charge in [-0.25, -0.2) is 0 Å². The zero-order valence-corrected chi connectivity index (χ0v) is 19.7. The fourth-order valence-corrected chi connectivity index (χ4v) is 6.62. The third-order valence-electron chi connectivity index (χ3n) is 5.03. The van der Waals surface area contributed by atoms with Crippen molar-refractivity contribution in [3.63, 3.8) is 0 Å². The van der Waals surface area contributed by atoms with Gasteiger partial charge in [-0.3, -0.25) is 9.59 Å². The summed E-state index contributed by atoms with van der Waals surface area (Å²) in [6.45, 7) is 1.65. The van der Waals surface area contributed by atoms with E-state index in [1.165, 1.54) is 51.7 Å². The lowest BCUT2D eigenvalue weighted by molar-refractivity contribution is 0.103. The molecule has 3 rings (SSSR count). The average molecular weight is 473 g/mol. The molecule has 166 valence electrons. The quantitative estimate of drug-likeness (QED) is 0.411. The molecular formula is C24H22ClO6P. The van der Waals surface area contributed by atoms with Crippen LogP contribution in [-0.4, -0.2) is 32.4 Å². The Kier molecular flexibility index (Phi) is 7.07. The Morgan fingerprint density at radius 1 is 0.812 bits per heavy atom. The zero-order valence-electron chi connectivity index (χ0n) is 18.0. The zero-order chi connectivity index (χ0) is 23.5. The lowest BCUT2D eigenvalue weighted by Gasteiger charge is -2.22. The molecule has 0 bridgehead atoms. The molecule has 0 fully saturated rings. The van der Waals surface area contributed by atoms with E-state index >= 15 is 0 Å². The van der Waals surface area contributed by atoms with Gasteiger partial charge in [-0.05, 0) is 18.6 Å². The van der Waals surface area contributed by atoms with Gasteiger partial charge in [0.2, 0.25) is 11.0 Å². The van der Waals surface area contributed by atoms with Crippen LogP contribution in [0, 0.1) is 6.92 Å². The summed E-state index contributed by atoms with van der Waals surface area (Å²) in [5.74, 6) is 0.502. The number of ether oxygens (including phenoxy) is 3. The van der Waals surface area contributed by atoms with Crippen LogP contribution in [0.25, 0.3) is 0 Å². The molecule has 1 atom stereocenters. The Balaban J connectivity index is 2.37. The summed E-state index contributed by atoms with van der Waals surface area (Å²) >= 11 is 6.41. The molecule has 3 aromatic carbocycles. The molecule has 0 spiro atoms. The van der Waals surface area contributed by atoms with Crippen molar-refractivity contribution < 1.29 is 28.4 Å². The van der Waals surface area contributed by atoms with E-state index < -0.39 is 18.2 Å². The highest BCUT2D eigenvalue weighted by atomic mass is 35.5. The fraction of sp³-hybridized carbons (Fsp3) is 0.167. The molecular weight excluding hydrogens is 451 g/mol. The summed E-state index contributed by atoms with van der Waals surface area (Å²) < 4.78 is 30.6. The molecule has 0 radical (unpaired) electrons. The van der Waals surface area contributed by atoms with Crippen molar-refractivity contribution in [1.29, 1.82) is 0 Å². The van der Waals surface area contributed by atoms with E-state index in [1.807, 2.05) is 0 Å². The first-order valence-electron chi connectivity index (χ1n) is 9.60. The number of hydrogen-bond donors (Lipinski definition) is 0. The van der Waals surface area contributed by atoms with Crippen molar-refractivity contribution in [2.45, 2.75) is 6.92 Å². The third-order valence-corrected chi connectivity index (χ3v) is 8.32. The molecule has 0 amide bonds. The van der Waals surface area contributed by atoms with E-state index in [1.54, 1.807) is 37.3 Å². The highest BCUT2D eigenvalue weighted by Gasteiger charge is 2.47. The Morgan fingerprint density at radius 2 is 1.41 bits per heavy atom. The molecule has 6 nitrogen and oxygen atoms in total. The molecule has 8 heteroatoms. The minimum Gasteiger partial charge on any atom is -0.496 e. The molecule has 3 aromatic rings. The van der Waals surface area contributed by atoms with Gasteiger partial charge in [-0.2, -0.15) is 0 Å². The third kappa shape index (κ3) is 4.04. The Morgan fingerprint density at radius 3 is 1.91 bits per heavy atom. The lowest BCUT2D eigenvalue weighted by atomic mass is 10.2. The van der Waals surface area contributed by atoms with Crippen LogP contribution >= 0.6 is 18.7 Å². The van der Waals surface area contributed by atoms with Gasteiger partial charge in [0.1, 0.15) is 22.8 Å². The number of carbonyl (C=O) groups is 2. The average Bonchev–Trinajstić information content (AvgIpc) is 2.82. The van der Waals surface area contributed by atoms with Gasteiger partial charge >= 0.3 is 0 Å². The summed E-state index contributed by atoms with van der Waals surface area (Å²) in [6.07, 6.45) is 0. The van der Waals surface area contributed by atoms with Crippen LogP contribution in [0.4, 0.5) is 0 Å². The highest BCUT2D eigenvalue weighted by molar-refractivity contribution is 8.01. The molecule has 0 aromatic heterocycles. The predicted octanol–water partition coefficient (Wildman–Crippen LogP) is 5.34. The molecule has 0 aliphatic carbocycles. The number of methoxy groups -OCH3 is 3. The number of benzene rings is 3. The first-order chi connectivity index (χ1) is 15.3. The van der Waals surface area contributed by atoms with E-state index in [9.17, 15) is 14.2 Å². The van der Waals surface area contributed by atoms with Gasteiger partial charge in [0.25, 0.3) is 7.14 Å². The first-order valence-corrected chi connectivity index (χ1v) is 11.7. The summed E-state index contributed by atoms with van der Waals surface area (Å²) in [6, 6.07) is 15.8. The van der Waals surface area contributed by atoms with Crippen LogP contribution in [0.1, 0.15) is 26.3 Å². The van der Waals surface area contributed by atoms with Crippen molar-refractivity contribution in [2.24, 2.45) is 0 Å². The van der Waals surface area contributed by atoms with Crippen molar-refractivity contribution in [3.8, 4) is 17.2 Å². The summed E-state index contributed by atoms with van der Waals surface area (Å²) in [4.78, 5) is 27.7. The van der Waals surface area contributed by atoms with Gasteiger partial charge in [0.05, 0.1) is 26.4 Å². The molecule has 1 unspecified atom stereocenters. The fourth-order valence-electron chi connectivity index (χ4n) is 3.45. The van der Waals surface area contributed by atoms with Crippen molar-refractivity contribution >= 4 is 35.1 Å². The minimum absolute atomic E-state index is 0.000411. The van der Waals surface area contributed by atoms with Gasteiger partial charge in [0.15, 0.2) is 0 Å². The monoisotopic (exact) mass is 472 g/mol. The smallest absolute Gasteiger partial charge is 0.250 e. The standard InChI is InChI=1S/C24H22ClO6P/c1-15-9-8-12-18(25)22(15)32(28,23(26)16-10-6-5-7-11-16)24(27)21-19(30-3)13-17(29-2)14-20(21)31-4/h5-14H,1-4H3. The van der Waals surface area contributed by atoms with Crippen molar-refractivity contribution in [3.05, 3.63) is 82.4 Å². The van der Waals surface area contributed by atoms with Crippen molar-refractivity contribution in [2.75, 3.05) is 21.3 Å². The van der Waals surface area contributed by atoms with E-state index in [2.05, 4.69) is 0 Å². The van der Waals surface area contributed by atoms with Gasteiger partial charge in [0, 0.05) is 23.0 Å². The Bertz CT molecular complexity index is 1180. The van der Waals surface area contributed by atoms with E-state index in [-0.39, 0.29) is 33.0 Å². The number of hydrogen-bond acceptors (Lipinski definition) is 6. The highest BCUT2D eigenvalue weighted by Crippen LogP contribution is 2.55. The maximum atomic E-state index is 14.6. The maximum Gasteiger partial charge on any atom is 0.250 e. The number of halogens is 1. The molecule has 0 N–H and O–H groups in total. The lowest BCUT2D eigenvalue weighted by Crippen LogP contribution is -2.24. The van der Waals surface area contributed by atoms with Crippen LogP contribution in [0.15, 0.2) is 60.7 Å². The van der Waals surface area contributed by atoms with Gasteiger partial charge < -0.3 is 18.8 Å².